The minimum Gasteiger partial charge on any atom is -0.363 e. The molecule has 0 amide bonds. The van der Waals surface area contributed by atoms with Crippen LogP contribution in [0.4, 0.5) is 0 Å². The van der Waals surface area contributed by atoms with E-state index in [1.165, 1.54) is 18.4 Å². The number of H-pyrrole nitrogens is 1. The van der Waals surface area contributed by atoms with E-state index in [0.717, 1.165) is 12.1 Å². The molecule has 1 fully saturated rings. The first-order chi connectivity index (χ1) is 9.55. The van der Waals surface area contributed by atoms with Crippen LogP contribution < -0.4 is 5.32 Å². The zero-order valence-corrected chi connectivity index (χ0v) is 12.5. The summed E-state index contributed by atoms with van der Waals surface area (Å²) in [5.41, 5.74) is 2.19. The van der Waals surface area contributed by atoms with Gasteiger partial charge in [0, 0.05) is 37.6 Å². The molecule has 20 heavy (non-hydrogen) atoms. The van der Waals surface area contributed by atoms with Crippen LogP contribution in [0.1, 0.15) is 31.9 Å². The summed E-state index contributed by atoms with van der Waals surface area (Å²) < 4.78 is 26.6. The number of hydrogen-bond donors (Lipinski definition) is 2. The number of aromatic amines is 1. The standard InChI is InChI=1S/C14H21N3O2S/c1-11-4-6-17(7-5-11)20(18,19)14-8-13(16-10-14)9-15-12-2-3-12/h4,8,10,12,15-16H,2-3,5-7,9H2,1H3. The van der Waals surface area contributed by atoms with Gasteiger partial charge in [0.05, 0.1) is 4.90 Å². The Balaban J connectivity index is 1.70. The molecule has 1 saturated carbocycles. The van der Waals surface area contributed by atoms with Gasteiger partial charge in [0.25, 0.3) is 0 Å². The number of nitrogens with zero attached hydrogens (tertiary/aromatic N) is 1. The van der Waals surface area contributed by atoms with Crippen LogP contribution >= 0.6 is 0 Å². The van der Waals surface area contributed by atoms with Crippen LogP contribution in [0, 0.1) is 0 Å². The Hall–Kier alpha value is -1.11. The third-order valence-electron chi connectivity index (χ3n) is 3.91. The van der Waals surface area contributed by atoms with Crippen molar-refractivity contribution in [1.82, 2.24) is 14.6 Å². The van der Waals surface area contributed by atoms with Crippen LogP contribution in [0.5, 0.6) is 0 Å². The molecule has 1 aromatic heterocycles. The molecule has 0 bridgehead atoms. The summed E-state index contributed by atoms with van der Waals surface area (Å²) >= 11 is 0. The van der Waals surface area contributed by atoms with Gasteiger partial charge >= 0.3 is 0 Å². The van der Waals surface area contributed by atoms with E-state index in [-0.39, 0.29) is 0 Å². The van der Waals surface area contributed by atoms with Gasteiger partial charge in [-0.1, -0.05) is 11.6 Å². The molecule has 0 atom stereocenters. The maximum Gasteiger partial charge on any atom is 0.244 e. The van der Waals surface area contributed by atoms with E-state index < -0.39 is 10.0 Å². The summed E-state index contributed by atoms with van der Waals surface area (Å²) in [4.78, 5) is 3.43. The van der Waals surface area contributed by atoms with E-state index in [1.807, 2.05) is 13.0 Å². The fraction of sp³-hybridized carbons (Fsp3) is 0.571. The van der Waals surface area contributed by atoms with Gasteiger partial charge in [-0.3, -0.25) is 0 Å². The Morgan fingerprint density at radius 1 is 1.45 bits per heavy atom. The van der Waals surface area contributed by atoms with Crippen LogP contribution in [0.15, 0.2) is 28.8 Å². The molecule has 110 valence electrons. The van der Waals surface area contributed by atoms with Crippen LogP contribution in [-0.4, -0.2) is 36.8 Å². The van der Waals surface area contributed by atoms with Gasteiger partial charge in [-0.25, -0.2) is 8.42 Å². The summed E-state index contributed by atoms with van der Waals surface area (Å²) in [7, 11) is -3.36. The van der Waals surface area contributed by atoms with Crippen molar-refractivity contribution in [3.8, 4) is 0 Å². The van der Waals surface area contributed by atoms with Crippen LogP contribution in [0.25, 0.3) is 0 Å². The summed E-state index contributed by atoms with van der Waals surface area (Å²) in [6.07, 6.45) is 6.87. The highest BCUT2D eigenvalue weighted by atomic mass is 32.2. The van der Waals surface area contributed by atoms with E-state index in [4.69, 9.17) is 0 Å². The molecule has 1 aromatic rings. The van der Waals surface area contributed by atoms with Crippen molar-refractivity contribution < 1.29 is 8.42 Å². The van der Waals surface area contributed by atoms with Gasteiger partial charge in [-0.05, 0) is 32.3 Å². The zero-order valence-electron chi connectivity index (χ0n) is 11.7. The zero-order chi connectivity index (χ0) is 14.2. The second kappa shape index (κ2) is 5.35. The molecule has 0 aromatic carbocycles. The summed E-state index contributed by atoms with van der Waals surface area (Å²) in [6, 6.07) is 2.36. The summed E-state index contributed by atoms with van der Waals surface area (Å²) in [5.74, 6) is 0. The lowest BCUT2D eigenvalue weighted by molar-refractivity contribution is 0.431. The lowest BCUT2D eigenvalue weighted by Crippen LogP contribution is -2.34. The number of hydrogen-bond acceptors (Lipinski definition) is 3. The molecule has 0 spiro atoms. The van der Waals surface area contributed by atoms with Crippen molar-refractivity contribution in [3.63, 3.8) is 0 Å². The number of rotatable bonds is 5. The minimum absolute atomic E-state index is 0.373. The third kappa shape index (κ3) is 2.97. The summed E-state index contributed by atoms with van der Waals surface area (Å²) in [5, 5.41) is 3.37. The van der Waals surface area contributed by atoms with Gasteiger partial charge in [-0.15, -0.1) is 0 Å². The first kappa shape index (κ1) is 13.9. The van der Waals surface area contributed by atoms with Gasteiger partial charge in [-0.2, -0.15) is 4.31 Å². The quantitative estimate of drug-likeness (QED) is 0.811. The Bertz CT molecular complexity index is 614. The van der Waals surface area contributed by atoms with Crippen molar-refractivity contribution >= 4 is 10.0 Å². The monoisotopic (exact) mass is 295 g/mol. The maximum absolute atomic E-state index is 12.5. The smallest absolute Gasteiger partial charge is 0.244 e. The molecular weight excluding hydrogens is 274 g/mol. The Morgan fingerprint density at radius 3 is 2.90 bits per heavy atom. The van der Waals surface area contributed by atoms with Gasteiger partial charge in [0.1, 0.15) is 0 Å². The van der Waals surface area contributed by atoms with Gasteiger partial charge in [0.15, 0.2) is 0 Å². The fourth-order valence-corrected chi connectivity index (χ4v) is 3.73. The van der Waals surface area contributed by atoms with Crippen molar-refractivity contribution in [1.29, 1.82) is 0 Å². The van der Waals surface area contributed by atoms with Crippen molar-refractivity contribution in [3.05, 3.63) is 29.6 Å². The second-order valence-electron chi connectivity index (χ2n) is 5.68. The maximum atomic E-state index is 12.5. The number of sulfonamides is 1. The molecule has 0 unspecified atom stereocenters. The number of nitrogens with one attached hydrogen (secondary N) is 2. The van der Waals surface area contributed by atoms with E-state index in [1.54, 1.807) is 16.6 Å². The highest BCUT2D eigenvalue weighted by molar-refractivity contribution is 7.89. The molecule has 1 aliphatic carbocycles. The number of aromatic nitrogens is 1. The van der Waals surface area contributed by atoms with E-state index in [0.29, 0.717) is 30.6 Å². The highest BCUT2D eigenvalue weighted by Crippen LogP contribution is 2.22. The first-order valence-corrected chi connectivity index (χ1v) is 8.56. The Kier molecular flexibility index (Phi) is 3.70. The molecule has 2 N–H and O–H groups in total. The molecule has 0 radical (unpaired) electrons. The summed E-state index contributed by atoms with van der Waals surface area (Å²) in [6.45, 7) is 3.81. The Morgan fingerprint density at radius 2 is 2.25 bits per heavy atom. The fourth-order valence-electron chi connectivity index (χ4n) is 2.33. The molecule has 3 rings (SSSR count). The predicted molar refractivity (Wildman–Crippen MR) is 77.8 cm³/mol. The largest absolute Gasteiger partial charge is 0.363 e. The minimum atomic E-state index is -3.36. The lowest BCUT2D eigenvalue weighted by Gasteiger charge is -2.24. The van der Waals surface area contributed by atoms with Gasteiger partial charge < -0.3 is 10.3 Å². The van der Waals surface area contributed by atoms with Crippen molar-refractivity contribution in [2.24, 2.45) is 0 Å². The average molecular weight is 295 g/mol. The predicted octanol–water partition coefficient (Wildman–Crippen LogP) is 1.61. The first-order valence-electron chi connectivity index (χ1n) is 7.12. The molecule has 2 heterocycles. The van der Waals surface area contributed by atoms with Crippen LogP contribution in [0.3, 0.4) is 0 Å². The van der Waals surface area contributed by atoms with Gasteiger partial charge in [0.2, 0.25) is 10.0 Å². The normalized spacial score (nSPS) is 20.9. The topological polar surface area (TPSA) is 65.2 Å². The molecule has 2 aliphatic rings. The average Bonchev–Trinajstić information content (AvgIpc) is 3.13. The van der Waals surface area contributed by atoms with Crippen molar-refractivity contribution in [2.75, 3.05) is 13.1 Å². The SMILES string of the molecule is CC1=CCN(S(=O)(=O)c2c[nH]c(CNC3CC3)c2)CC1. The van der Waals surface area contributed by atoms with Crippen molar-refractivity contribution in [2.45, 2.75) is 43.7 Å². The molecule has 5 nitrogen and oxygen atoms in total. The molecule has 0 saturated heterocycles. The molecular formula is C14H21N3O2S. The third-order valence-corrected chi connectivity index (χ3v) is 5.75. The lowest BCUT2D eigenvalue weighted by atomic mass is 10.1. The molecule has 1 aliphatic heterocycles. The van der Waals surface area contributed by atoms with Crippen LogP contribution in [-0.2, 0) is 16.6 Å². The molecule has 6 heteroatoms. The Labute approximate surface area is 120 Å². The van der Waals surface area contributed by atoms with Crippen LogP contribution in [0.2, 0.25) is 0 Å². The second-order valence-corrected chi connectivity index (χ2v) is 7.62. The van der Waals surface area contributed by atoms with E-state index in [2.05, 4.69) is 10.3 Å². The highest BCUT2D eigenvalue weighted by Gasteiger charge is 2.26. The van der Waals surface area contributed by atoms with E-state index in [9.17, 15) is 8.42 Å². The van der Waals surface area contributed by atoms with E-state index >= 15 is 0 Å².